The summed E-state index contributed by atoms with van der Waals surface area (Å²) in [5, 5.41) is 11.8. The molecule has 0 aliphatic carbocycles. The van der Waals surface area contributed by atoms with Crippen LogP contribution in [0.1, 0.15) is 33.1 Å². The first-order valence-electron chi connectivity index (χ1n) is 5.69. The second-order valence-electron chi connectivity index (χ2n) is 4.14. The van der Waals surface area contributed by atoms with Crippen LogP contribution in [0.15, 0.2) is 0 Å². The zero-order valence-electron chi connectivity index (χ0n) is 9.78. The Morgan fingerprint density at radius 2 is 2.06 bits per heavy atom. The number of nitrogens with one attached hydrogen (secondary N) is 1. The smallest absolute Gasteiger partial charge is 0.329 e. The van der Waals surface area contributed by atoms with Crippen molar-refractivity contribution in [3.05, 3.63) is 0 Å². The molecule has 1 heterocycles. The minimum absolute atomic E-state index is 0.197. The van der Waals surface area contributed by atoms with Crippen molar-refractivity contribution in [1.29, 1.82) is 0 Å². The van der Waals surface area contributed by atoms with E-state index in [9.17, 15) is 9.59 Å². The maximum Gasteiger partial charge on any atom is 0.329 e. The summed E-state index contributed by atoms with van der Waals surface area (Å²) in [7, 11) is 0. The molecule has 0 spiro atoms. The number of hydrogen-bond donors (Lipinski definition) is 2. The topological polar surface area (TPSA) is 75.6 Å². The van der Waals surface area contributed by atoms with Gasteiger partial charge in [-0.25, -0.2) is 4.79 Å². The largest absolute Gasteiger partial charge is 0.480 e. The summed E-state index contributed by atoms with van der Waals surface area (Å²) in [5.41, 5.74) is -1.13. The van der Waals surface area contributed by atoms with Crippen molar-refractivity contribution in [2.24, 2.45) is 5.92 Å². The zero-order valence-corrected chi connectivity index (χ0v) is 9.78. The summed E-state index contributed by atoms with van der Waals surface area (Å²) in [6, 6.07) is 0. The molecule has 16 heavy (non-hydrogen) atoms. The molecule has 0 bridgehead atoms. The van der Waals surface area contributed by atoms with E-state index in [0.717, 1.165) is 0 Å². The molecule has 1 fully saturated rings. The highest BCUT2D eigenvalue weighted by molar-refractivity contribution is 5.88. The molecule has 92 valence electrons. The number of rotatable bonds is 5. The first-order valence-corrected chi connectivity index (χ1v) is 5.69. The number of carboxylic acids is 1. The van der Waals surface area contributed by atoms with Crippen molar-refractivity contribution in [2.45, 2.75) is 38.6 Å². The monoisotopic (exact) mass is 229 g/mol. The van der Waals surface area contributed by atoms with Gasteiger partial charge in [0.05, 0.1) is 12.5 Å². The molecule has 1 atom stereocenters. The Kier molecular flexibility index (Phi) is 4.29. The SMILES string of the molecule is CCC(CC)(NC(=O)C1CCOC1)C(=O)O. The van der Waals surface area contributed by atoms with Gasteiger partial charge in [-0.1, -0.05) is 13.8 Å². The average molecular weight is 229 g/mol. The molecule has 5 heteroatoms. The molecule has 1 aliphatic heterocycles. The zero-order chi connectivity index (χ0) is 12.2. The van der Waals surface area contributed by atoms with E-state index in [0.29, 0.717) is 32.5 Å². The fourth-order valence-corrected chi connectivity index (χ4v) is 1.86. The van der Waals surface area contributed by atoms with Crippen LogP contribution in [-0.2, 0) is 14.3 Å². The molecule has 1 rings (SSSR count). The molecular weight excluding hydrogens is 210 g/mol. The van der Waals surface area contributed by atoms with Gasteiger partial charge in [0.1, 0.15) is 5.54 Å². The van der Waals surface area contributed by atoms with E-state index < -0.39 is 11.5 Å². The Morgan fingerprint density at radius 1 is 1.44 bits per heavy atom. The number of aliphatic carboxylic acids is 1. The van der Waals surface area contributed by atoms with Gasteiger partial charge in [0.15, 0.2) is 0 Å². The Labute approximate surface area is 95.2 Å². The molecule has 0 radical (unpaired) electrons. The van der Waals surface area contributed by atoms with Crippen LogP contribution in [0.25, 0.3) is 0 Å². The Morgan fingerprint density at radius 3 is 2.44 bits per heavy atom. The fourth-order valence-electron chi connectivity index (χ4n) is 1.86. The molecule has 1 unspecified atom stereocenters. The molecule has 0 aromatic rings. The Bertz CT molecular complexity index is 267. The molecule has 0 aromatic carbocycles. The maximum absolute atomic E-state index is 11.8. The lowest BCUT2D eigenvalue weighted by Crippen LogP contribution is -2.55. The van der Waals surface area contributed by atoms with Crippen LogP contribution in [0, 0.1) is 5.92 Å². The summed E-state index contributed by atoms with van der Waals surface area (Å²) in [5.74, 6) is -1.37. The van der Waals surface area contributed by atoms with Crippen LogP contribution >= 0.6 is 0 Å². The van der Waals surface area contributed by atoms with Gasteiger partial charge in [0.2, 0.25) is 5.91 Å². The maximum atomic E-state index is 11.8. The van der Waals surface area contributed by atoms with Crippen LogP contribution in [0.3, 0.4) is 0 Å². The minimum atomic E-state index is -1.13. The summed E-state index contributed by atoms with van der Waals surface area (Å²) in [6.45, 7) is 4.51. The van der Waals surface area contributed by atoms with Gasteiger partial charge in [0, 0.05) is 6.61 Å². The van der Waals surface area contributed by atoms with E-state index in [1.54, 1.807) is 13.8 Å². The second-order valence-corrected chi connectivity index (χ2v) is 4.14. The molecule has 2 N–H and O–H groups in total. The lowest BCUT2D eigenvalue weighted by molar-refractivity contribution is -0.148. The average Bonchev–Trinajstić information content (AvgIpc) is 2.78. The third-order valence-electron chi connectivity index (χ3n) is 3.28. The fraction of sp³-hybridized carbons (Fsp3) is 0.818. The summed E-state index contributed by atoms with van der Waals surface area (Å²) < 4.78 is 5.11. The quantitative estimate of drug-likeness (QED) is 0.730. The standard InChI is InChI=1S/C11H19NO4/c1-3-11(4-2,10(14)15)12-9(13)8-5-6-16-7-8/h8H,3-7H2,1-2H3,(H,12,13)(H,14,15). The first kappa shape index (κ1) is 13.0. The van der Waals surface area contributed by atoms with E-state index in [2.05, 4.69) is 5.32 Å². The van der Waals surface area contributed by atoms with Crippen molar-refractivity contribution in [1.82, 2.24) is 5.32 Å². The van der Waals surface area contributed by atoms with Gasteiger partial charge in [-0.15, -0.1) is 0 Å². The summed E-state index contributed by atoms with van der Waals surface area (Å²) in [6.07, 6.45) is 1.45. The minimum Gasteiger partial charge on any atom is -0.480 e. The summed E-state index contributed by atoms with van der Waals surface area (Å²) in [4.78, 5) is 23.0. The van der Waals surface area contributed by atoms with E-state index in [-0.39, 0.29) is 11.8 Å². The normalized spacial score (nSPS) is 20.8. The van der Waals surface area contributed by atoms with E-state index in [1.165, 1.54) is 0 Å². The van der Waals surface area contributed by atoms with E-state index in [1.807, 2.05) is 0 Å². The highest BCUT2D eigenvalue weighted by Crippen LogP contribution is 2.19. The van der Waals surface area contributed by atoms with Crippen LogP contribution in [0.2, 0.25) is 0 Å². The number of carbonyl (C=O) groups excluding carboxylic acids is 1. The predicted molar refractivity (Wildman–Crippen MR) is 58.0 cm³/mol. The van der Waals surface area contributed by atoms with E-state index in [4.69, 9.17) is 9.84 Å². The van der Waals surface area contributed by atoms with Crippen LogP contribution in [0.5, 0.6) is 0 Å². The summed E-state index contributed by atoms with van der Waals surface area (Å²) >= 11 is 0. The van der Waals surface area contributed by atoms with Gasteiger partial charge in [-0.2, -0.15) is 0 Å². The molecule has 0 saturated carbocycles. The highest BCUT2D eigenvalue weighted by Gasteiger charge is 2.38. The van der Waals surface area contributed by atoms with Crippen LogP contribution in [0.4, 0.5) is 0 Å². The van der Waals surface area contributed by atoms with Gasteiger partial charge in [0.25, 0.3) is 0 Å². The third kappa shape index (κ3) is 2.52. The van der Waals surface area contributed by atoms with Gasteiger partial charge in [-0.3, -0.25) is 4.79 Å². The Balaban J connectivity index is 2.67. The molecule has 0 aromatic heterocycles. The van der Waals surface area contributed by atoms with Crippen molar-refractivity contribution >= 4 is 11.9 Å². The molecular formula is C11H19NO4. The van der Waals surface area contributed by atoms with Crippen LogP contribution in [-0.4, -0.2) is 35.7 Å². The number of carbonyl (C=O) groups is 2. The van der Waals surface area contributed by atoms with Crippen molar-refractivity contribution in [3.8, 4) is 0 Å². The number of carboxylic acid groups (broad SMARTS) is 1. The van der Waals surface area contributed by atoms with E-state index >= 15 is 0 Å². The lowest BCUT2D eigenvalue weighted by atomic mass is 9.92. The van der Waals surface area contributed by atoms with Crippen molar-refractivity contribution < 1.29 is 19.4 Å². The van der Waals surface area contributed by atoms with Crippen molar-refractivity contribution in [3.63, 3.8) is 0 Å². The molecule has 1 aliphatic rings. The van der Waals surface area contributed by atoms with Crippen molar-refractivity contribution in [2.75, 3.05) is 13.2 Å². The highest BCUT2D eigenvalue weighted by atomic mass is 16.5. The number of ether oxygens (including phenoxy) is 1. The second kappa shape index (κ2) is 5.30. The van der Waals surface area contributed by atoms with Gasteiger partial charge < -0.3 is 15.2 Å². The van der Waals surface area contributed by atoms with Crippen LogP contribution < -0.4 is 5.32 Å². The molecule has 5 nitrogen and oxygen atoms in total. The van der Waals surface area contributed by atoms with Gasteiger partial charge >= 0.3 is 5.97 Å². The number of hydrogen-bond acceptors (Lipinski definition) is 3. The number of amides is 1. The molecule has 1 saturated heterocycles. The lowest BCUT2D eigenvalue weighted by Gasteiger charge is -2.29. The molecule has 1 amide bonds. The predicted octanol–water partition coefficient (Wildman–Crippen LogP) is 0.782. The van der Waals surface area contributed by atoms with Gasteiger partial charge in [-0.05, 0) is 19.3 Å². The first-order chi connectivity index (χ1) is 7.55. The Hall–Kier alpha value is -1.10. The third-order valence-corrected chi connectivity index (χ3v) is 3.28.